The van der Waals surface area contributed by atoms with Crippen LogP contribution in [-0.4, -0.2) is 65.0 Å². The number of halogens is 1. The van der Waals surface area contributed by atoms with E-state index in [9.17, 15) is 13.2 Å². The molecule has 0 spiro atoms. The predicted molar refractivity (Wildman–Crippen MR) is 123 cm³/mol. The Labute approximate surface area is 195 Å². The smallest absolute Gasteiger partial charge is 0.245 e. The van der Waals surface area contributed by atoms with Crippen molar-refractivity contribution in [2.45, 2.75) is 24.2 Å². The summed E-state index contributed by atoms with van der Waals surface area (Å²) in [5.74, 6) is 0.0430. The lowest BCUT2D eigenvalue weighted by molar-refractivity contribution is -0.132. The number of aromatic amines is 1. The van der Waals surface area contributed by atoms with E-state index < -0.39 is 10.0 Å². The Morgan fingerprint density at radius 3 is 2.64 bits per heavy atom. The number of hydrogen-bond donors (Lipinski definition) is 1. The second-order valence-electron chi connectivity index (χ2n) is 8.00. The number of aromatic nitrogens is 3. The van der Waals surface area contributed by atoms with E-state index >= 15 is 0 Å². The van der Waals surface area contributed by atoms with Gasteiger partial charge in [0.2, 0.25) is 15.9 Å². The monoisotopic (exact) mass is 487 g/mol. The van der Waals surface area contributed by atoms with Gasteiger partial charge in [-0.3, -0.25) is 4.79 Å². The SMILES string of the molecule is O=C(CCCc1c[nH]c2ccccc12)N1CCN(S(=O)(=O)c2ccc(Cl)c3nonc23)CC1. The number of aryl methyl sites for hydroxylation is 1. The zero-order valence-electron chi connectivity index (χ0n) is 17.7. The van der Waals surface area contributed by atoms with Crippen LogP contribution in [0.1, 0.15) is 18.4 Å². The van der Waals surface area contributed by atoms with Gasteiger partial charge in [0, 0.05) is 49.7 Å². The molecule has 0 saturated carbocycles. The lowest BCUT2D eigenvalue weighted by Gasteiger charge is -2.34. The molecule has 9 nitrogen and oxygen atoms in total. The summed E-state index contributed by atoms with van der Waals surface area (Å²) < 4.78 is 32.4. The molecule has 1 fully saturated rings. The first-order valence-electron chi connectivity index (χ1n) is 10.7. The van der Waals surface area contributed by atoms with Gasteiger partial charge in [0.15, 0.2) is 11.0 Å². The van der Waals surface area contributed by atoms with Gasteiger partial charge in [0.05, 0.1) is 5.02 Å². The van der Waals surface area contributed by atoms with Gasteiger partial charge in [0.1, 0.15) is 4.90 Å². The third-order valence-corrected chi connectivity index (χ3v) is 8.29. The highest BCUT2D eigenvalue weighted by Crippen LogP contribution is 2.29. The van der Waals surface area contributed by atoms with Gasteiger partial charge in [-0.1, -0.05) is 29.8 Å². The maximum Gasteiger partial charge on any atom is 0.245 e. The Morgan fingerprint density at radius 2 is 1.82 bits per heavy atom. The van der Waals surface area contributed by atoms with Crippen LogP contribution in [0, 0.1) is 0 Å². The normalized spacial score (nSPS) is 15.5. The lowest BCUT2D eigenvalue weighted by atomic mass is 10.1. The number of piperazine rings is 1. The summed E-state index contributed by atoms with van der Waals surface area (Å²) >= 11 is 6.05. The van der Waals surface area contributed by atoms with E-state index in [1.807, 2.05) is 24.4 Å². The van der Waals surface area contributed by atoms with Gasteiger partial charge >= 0.3 is 0 Å². The number of fused-ring (bicyclic) bond motifs is 2. The van der Waals surface area contributed by atoms with Crippen LogP contribution in [0.4, 0.5) is 0 Å². The van der Waals surface area contributed by atoms with Gasteiger partial charge in [-0.2, -0.15) is 4.31 Å². The number of carbonyl (C=O) groups is 1. The van der Waals surface area contributed by atoms with Crippen molar-refractivity contribution in [1.29, 1.82) is 0 Å². The molecule has 172 valence electrons. The molecule has 1 saturated heterocycles. The molecule has 2 aromatic carbocycles. The minimum Gasteiger partial charge on any atom is -0.361 e. The number of sulfonamides is 1. The average molecular weight is 488 g/mol. The molecule has 5 rings (SSSR count). The molecule has 2 aromatic heterocycles. The summed E-state index contributed by atoms with van der Waals surface area (Å²) in [7, 11) is -3.82. The third kappa shape index (κ3) is 4.09. The highest BCUT2D eigenvalue weighted by molar-refractivity contribution is 7.89. The second-order valence-corrected chi connectivity index (χ2v) is 10.3. The number of hydrogen-bond acceptors (Lipinski definition) is 6. The predicted octanol–water partition coefficient (Wildman–Crippen LogP) is 3.21. The molecule has 3 heterocycles. The highest BCUT2D eigenvalue weighted by atomic mass is 35.5. The van der Waals surface area contributed by atoms with E-state index in [1.165, 1.54) is 27.4 Å². The number of para-hydroxylation sites is 1. The molecule has 0 bridgehead atoms. The number of carbonyl (C=O) groups excluding carboxylic acids is 1. The molecule has 1 amide bonds. The van der Waals surface area contributed by atoms with Crippen LogP contribution in [-0.2, 0) is 21.2 Å². The molecule has 0 atom stereocenters. The third-order valence-electron chi connectivity index (χ3n) is 6.05. The molecule has 4 aromatic rings. The zero-order valence-corrected chi connectivity index (χ0v) is 19.3. The second kappa shape index (κ2) is 8.77. The van der Waals surface area contributed by atoms with Crippen molar-refractivity contribution in [2.75, 3.05) is 26.2 Å². The van der Waals surface area contributed by atoms with Crippen LogP contribution in [0.25, 0.3) is 21.9 Å². The summed E-state index contributed by atoms with van der Waals surface area (Å²) in [4.78, 5) is 17.7. The largest absolute Gasteiger partial charge is 0.361 e. The number of H-pyrrole nitrogens is 1. The summed E-state index contributed by atoms with van der Waals surface area (Å²) in [6.07, 6.45) is 3.97. The van der Waals surface area contributed by atoms with E-state index in [1.54, 1.807) is 4.90 Å². The molecule has 1 aliphatic heterocycles. The topological polar surface area (TPSA) is 112 Å². The van der Waals surface area contributed by atoms with Gasteiger partial charge < -0.3 is 9.88 Å². The molecular weight excluding hydrogens is 466 g/mol. The lowest BCUT2D eigenvalue weighted by Crippen LogP contribution is -2.50. The quantitative estimate of drug-likeness (QED) is 0.447. The van der Waals surface area contributed by atoms with Gasteiger partial charge in [-0.15, -0.1) is 0 Å². The van der Waals surface area contributed by atoms with E-state index in [0.29, 0.717) is 19.5 Å². The molecule has 11 heteroatoms. The first-order chi connectivity index (χ1) is 15.9. The maximum absolute atomic E-state index is 13.2. The molecule has 1 aliphatic rings. The summed E-state index contributed by atoms with van der Waals surface area (Å²) in [5, 5.41) is 8.85. The number of benzene rings is 2. The van der Waals surface area contributed by atoms with E-state index in [-0.39, 0.29) is 39.9 Å². The maximum atomic E-state index is 13.2. The van der Waals surface area contributed by atoms with Crippen molar-refractivity contribution in [3.8, 4) is 0 Å². The summed E-state index contributed by atoms with van der Waals surface area (Å²) in [6, 6.07) is 11.0. The number of nitrogens with zero attached hydrogens (tertiary/aromatic N) is 4. The molecule has 0 radical (unpaired) electrons. The fourth-order valence-electron chi connectivity index (χ4n) is 4.27. The minimum atomic E-state index is -3.82. The van der Waals surface area contributed by atoms with Gasteiger partial charge in [0.25, 0.3) is 0 Å². The van der Waals surface area contributed by atoms with Crippen molar-refractivity contribution >= 4 is 49.5 Å². The van der Waals surface area contributed by atoms with E-state index in [2.05, 4.69) is 26.0 Å². The first kappa shape index (κ1) is 21.9. The van der Waals surface area contributed by atoms with E-state index in [4.69, 9.17) is 11.6 Å². The van der Waals surface area contributed by atoms with Crippen molar-refractivity contribution < 1.29 is 17.8 Å². The zero-order chi connectivity index (χ0) is 23.0. The van der Waals surface area contributed by atoms with Crippen LogP contribution in [0.5, 0.6) is 0 Å². The number of rotatable bonds is 6. The van der Waals surface area contributed by atoms with Crippen LogP contribution in [0.15, 0.2) is 52.1 Å². The van der Waals surface area contributed by atoms with Crippen LogP contribution in [0.2, 0.25) is 5.02 Å². The highest BCUT2D eigenvalue weighted by Gasteiger charge is 2.32. The van der Waals surface area contributed by atoms with Crippen molar-refractivity contribution in [3.05, 3.63) is 53.2 Å². The Hall–Kier alpha value is -2.95. The fourth-order valence-corrected chi connectivity index (χ4v) is 5.99. The fraction of sp³-hybridized carbons (Fsp3) is 0.318. The summed E-state index contributed by atoms with van der Waals surface area (Å²) in [5.41, 5.74) is 2.61. The number of nitrogens with one attached hydrogen (secondary N) is 1. The Bertz CT molecular complexity index is 1420. The molecule has 1 N–H and O–H groups in total. The Kier molecular flexibility index (Phi) is 5.81. The molecule has 0 unspecified atom stereocenters. The summed E-state index contributed by atoms with van der Waals surface area (Å²) in [6.45, 7) is 1.12. The standard InChI is InChI=1S/C22H22ClN5O4S/c23-17-8-9-19(22-21(17)25-32-26-22)33(30,31)28-12-10-27(11-13-28)20(29)7-3-4-15-14-24-18-6-2-1-5-16(15)18/h1-2,5-6,8-9,14,24H,3-4,7,10-13H2. The Morgan fingerprint density at radius 1 is 1.06 bits per heavy atom. The van der Waals surface area contributed by atoms with Crippen LogP contribution in [0.3, 0.4) is 0 Å². The minimum absolute atomic E-state index is 0.00153. The molecular formula is C22H22ClN5O4S. The van der Waals surface area contributed by atoms with Crippen molar-refractivity contribution in [3.63, 3.8) is 0 Å². The number of amides is 1. The van der Waals surface area contributed by atoms with Gasteiger partial charge in [-0.25, -0.2) is 13.0 Å². The van der Waals surface area contributed by atoms with E-state index in [0.717, 1.165) is 18.4 Å². The first-order valence-corrected chi connectivity index (χ1v) is 12.5. The van der Waals surface area contributed by atoms with Crippen molar-refractivity contribution in [2.24, 2.45) is 0 Å². The van der Waals surface area contributed by atoms with Gasteiger partial charge in [-0.05, 0) is 46.9 Å². The molecule has 0 aliphatic carbocycles. The van der Waals surface area contributed by atoms with Crippen LogP contribution < -0.4 is 0 Å². The molecule has 33 heavy (non-hydrogen) atoms. The van der Waals surface area contributed by atoms with Crippen molar-refractivity contribution in [1.82, 2.24) is 24.5 Å². The Balaban J connectivity index is 1.18. The van der Waals surface area contributed by atoms with Crippen LogP contribution >= 0.6 is 11.6 Å². The average Bonchev–Trinajstić information content (AvgIpc) is 3.47.